The van der Waals surface area contributed by atoms with E-state index in [-0.39, 0.29) is 12.0 Å². The number of piperidine rings is 1. The fourth-order valence-corrected chi connectivity index (χ4v) is 3.82. The summed E-state index contributed by atoms with van der Waals surface area (Å²) in [4.78, 5) is 14.5. The molecular formula is C17H29NO2. The first-order chi connectivity index (χ1) is 9.67. The van der Waals surface area contributed by atoms with Crippen LogP contribution in [0.3, 0.4) is 0 Å². The van der Waals surface area contributed by atoms with E-state index in [1.165, 1.54) is 44.9 Å². The van der Waals surface area contributed by atoms with Crippen molar-refractivity contribution in [2.45, 2.75) is 64.4 Å². The third kappa shape index (κ3) is 3.85. The van der Waals surface area contributed by atoms with Crippen LogP contribution in [0.4, 0.5) is 0 Å². The number of carbonyl (C=O) groups excluding carboxylic acids is 1. The van der Waals surface area contributed by atoms with E-state index < -0.39 is 0 Å². The van der Waals surface area contributed by atoms with Gasteiger partial charge in [0.2, 0.25) is 0 Å². The molecular weight excluding hydrogens is 250 g/mol. The Morgan fingerprint density at radius 2 is 1.90 bits per heavy atom. The van der Waals surface area contributed by atoms with Gasteiger partial charge in [0.1, 0.15) is 6.10 Å². The second kappa shape index (κ2) is 7.26. The monoisotopic (exact) mass is 279 g/mol. The van der Waals surface area contributed by atoms with Gasteiger partial charge in [-0.15, -0.1) is 6.58 Å². The maximum absolute atomic E-state index is 12.5. The van der Waals surface area contributed by atoms with Gasteiger partial charge in [-0.1, -0.05) is 31.8 Å². The molecule has 1 amide bonds. The molecule has 0 aromatic rings. The number of rotatable bonds is 4. The van der Waals surface area contributed by atoms with Crippen LogP contribution in [0.15, 0.2) is 12.7 Å². The molecule has 0 unspecified atom stereocenters. The van der Waals surface area contributed by atoms with Crippen LogP contribution in [0.1, 0.15) is 58.3 Å². The molecule has 2 aliphatic rings. The number of likely N-dealkylation sites (tertiary alicyclic amines) is 1. The fourth-order valence-electron chi connectivity index (χ4n) is 3.82. The quantitative estimate of drug-likeness (QED) is 0.737. The molecule has 114 valence electrons. The Kier molecular flexibility index (Phi) is 5.64. The zero-order valence-corrected chi connectivity index (χ0v) is 12.9. The Balaban J connectivity index is 1.95. The smallest absolute Gasteiger partial charge is 0.251 e. The van der Waals surface area contributed by atoms with Gasteiger partial charge in [0.25, 0.3) is 5.91 Å². The predicted molar refractivity (Wildman–Crippen MR) is 81.6 cm³/mol. The number of hydrogen-bond acceptors (Lipinski definition) is 2. The van der Waals surface area contributed by atoms with Crippen LogP contribution in [0.2, 0.25) is 0 Å². The summed E-state index contributed by atoms with van der Waals surface area (Å²) in [5.74, 6) is 0.162. The number of amides is 1. The largest absolute Gasteiger partial charge is 0.365 e. The van der Waals surface area contributed by atoms with E-state index in [1.54, 1.807) is 6.08 Å². The Morgan fingerprint density at radius 1 is 1.25 bits per heavy atom. The summed E-state index contributed by atoms with van der Waals surface area (Å²) < 4.78 is 5.50. The Labute approximate surface area is 123 Å². The molecule has 0 bridgehead atoms. The topological polar surface area (TPSA) is 29.5 Å². The van der Waals surface area contributed by atoms with Crippen molar-refractivity contribution in [3.05, 3.63) is 12.7 Å². The van der Waals surface area contributed by atoms with Gasteiger partial charge in [0.15, 0.2) is 0 Å². The molecule has 0 aromatic carbocycles. The van der Waals surface area contributed by atoms with Crippen molar-refractivity contribution in [3.8, 4) is 0 Å². The lowest BCUT2D eigenvalue weighted by Crippen LogP contribution is -2.49. The summed E-state index contributed by atoms with van der Waals surface area (Å²) in [7, 11) is 0. The molecule has 1 heterocycles. The molecule has 1 spiro atoms. The van der Waals surface area contributed by atoms with Crippen molar-refractivity contribution in [1.82, 2.24) is 4.90 Å². The third-order valence-electron chi connectivity index (χ3n) is 4.95. The second-order valence-corrected chi connectivity index (χ2v) is 6.54. The van der Waals surface area contributed by atoms with Crippen LogP contribution >= 0.6 is 0 Å². The lowest BCUT2D eigenvalue weighted by atomic mass is 9.74. The summed E-state index contributed by atoms with van der Waals surface area (Å²) in [5, 5.41) is 0. The summed E-state index contributed by atoms with van der Waals surface area (Å²) in [6, 6.07) is 0. The SMILES string of the molecule is C=CCO[C@H](C)C(=O)N1CCCC2(CCCCCC2)C1. The van der Waals surface area contributed by atoms with Gasteiger partial charge in [0, 0.05) is 13.1 Å². The molecule has 1 saturated carbocycles. The molecule has 0 N–H and O–H groups in total. The van der Waals surface area contributed by atoms with Crippen molar-refractivity contribution < 1.29 is 9.53 Å². The van der Waals surface area contributed by atoms with Gasteiger partial charge < -0.3 is 9.64 Å². The molecule has 0 radical (unpaired) electrons. The predicted octanol–water partition coefficient (Wildman–Crippen LogP) is 3.54. The van der Waals surface area contributed by atoms with Gasteiger partial charge >= 0.3 is 0 Å². The van der Waals surface area contributed by atoms with Gasteiger partial charge in [-0.05, 0) is 38.0 Å². The average Bonchev–Trinajstić information content (AvgIpc) is 2.69. The Morgan fingerprint density at radius 3 is 2.55 bits per heavy atom. The van der Waals surface area contributed by atoms with Crippen molar-refractivity contribution >= 4 is 5.91 Å². The van der Waals surface area contributed by atoms with E-state index in [0.717, 1.165) is 19.5 Å². The maximum Gasteiger partial charge on any atom is 0.251 e. The zero-order valence-electron chi connectivity index (χ0n) is 12.9. The van der Waals surface area contributed by atoms with E-state index in [4.69, 9.17) is 4.74 Å². The van der Waals surface area contributed by atoms with Gasteiger partial charge in [0.05, 0.1) is 6.61 Å². The normalized spacial score (nSPS) is 24.1. The van der Waals surface area contributed by atoms with Gasteiger partial charge in [-0.3, -0.25) is 4.79 Å². The minimum Gasteiger partial charge on any atom is -0.365 e. The summed E-state index contributed by atoms with van der Waals surface area (Å²) >= 11 is 0. The van der Waals surface area contributed by atoms with Crippen molar-refractivity contribution in [3.63, 3.8) is 0 Å². The summed E-state index contributed by atoms with van der Waals surface area (Å²) in [6.07, 6.45) is 11.8. The van der Waals surface area contributed by atoms with E-state index >= 15 is 0 Å². The van der Waals surface area contributed by atoms with Gasteiger partial charge in [-0.25, -0.2) is 0 Å². The zero-order chi connectivity index (χ0) is 14.4. The van der Waals surface area contributed by atoms with Crippen LogP contribution in [0.5, 0.6) is 0 Å². The molecule has 3 heteroatoms. The molecule has 20 heavy (non-hydrogen) atoms. The lowest BCUT2D eigenvalue weighted by molar-refractivity contribution is -0.145. The number of carbonyl (C=O) groups is 1. The highest BCUT2D eigenvalue weighted by molar-refractivity contribution is 5.80. The highest BCUT2D eigenvalue weighted by atomic mass is 16.5. The average molecular weight is 279 g/mol. The molecule has 1 atom stereocenters. The van der Waals surface area contributed by atoms with Crippen LogP contribution in [0, 0.1) is 5.41 Å². The third-order valence-corrected chi connectivity index (χ3v) is 4.95. The van der Waals surface area contributed by atoms with Crippen molar-refractivity contribution in [2.24, 2.45) is 5.41 Å². The first kappa shape index (κ1) is 15.6. The van der Waals surface area contributed by atoms with E-state index in [9.17, 15) is 4.79 Å². The summed E-state index contributed by atoms with van der Waals surface area (Å²) in [6.45, 7) is 7.80. The maximum atomic E-state index is 12.5. The highest BCUT2D eigenvalue weighted by Crippen LogP contribution is 2.42. The van der Waals surface area contributed by atoms with Crippen molar-refractivity contribution in [1.29, 1.82) is 0 Å². The highest BCUT2D eigenvalue weighted by Gasteiger charge is 2.38. The standard InChI is InChI=1S/C17H29NO2/c1-3-13-20-15(2)16(19)18-12-8-11-17(14-18)9-6-4-5-7-10-17/h3,15H,1,4-14H2,2H3/t15-/m1/s1. The van der Waals surface area contributed by atoms with Crippen LogP contribution in [-0.4, -0.2) is 36.6 Å². The molecule has 1 aliphatic carbocycles. The molecule has 1 aliphatic heterocycles. The van der Waals surface area contributed by atoms with Crippen molar-refractivity contribution in [2.75, 3.05) is 19.7 Å². The van der Waals surface area contributed by atoms with E-state index in [0.29, 0.717) is 12.0 Å². The van der Waals surface area contributed by atoms with Gasteiger partial charge in [-0.2, -0.15) is 0 Å². The molecule has 1 saturated heterocycles. The van der Waals surface area contributed by atoms with Crippen LogP contribution in [-0.2, 0) is 9.53 Å². The molecule has 2 rings (SSSR count). The number of hydrogen-bond donors (Lipinski definition) is 0. The summed E-state index contributed by atoms with van der Waals surface area (Å²) in [5.41, 5.74) is 0.405. The second-order valence-electron chi connectivity index (χ2n) is 6.54. The van der Waals surface area contributed by atoms with E-state index in [2.05, 4.69) is 11.5 Å². The van der Waals surface area contributed by atoms with Crippen LogP contribution in [0.25, 0.3) is 0 Å². The Hall–Kier alpha value is -0.830. The number of nitrogens with zero attached hydrogens (tertiary/aromatic N) is 1. The first-order valence-corrected chi connectivity index (χ1v) is 8.18. The van der Waals surface area contributed by atoms with E-state index in [1.807, 2.05) is 6.92 Å². The first-order valence-electron chi connectivity index (χ1n) is 8.18. The minimum absolute atomic E-state index is 0.162. The van der Waals surface area contributed by atoms with Crippen LogP contribution < -0.4 is 0 Å². The number of ether oxygens (including phenoxy) is 1. The lowest BCUT2D eigenvalue weighted by Gasteiger charge is -2.43. The Bertz CT molecular complexity index is 332. The minimum atomic E-state index is -0.339. The molecule has 3 nitrogen and oxygen atoms in total. The molecule has 0 aromatic heterocycles. The fraction of sp³-hybridized carbons (Fsp3) is 0.824. The molecule has 2 fully saturated rings.